The maximum atomic E-state index is 13.8. The molecule has 168 valence electrons. The molecule has 0 bridgehead atoms. The predicted octanol–water partition coefficient (Wildman–Crippen LogP) is 3.10. The number of hydrogen-bond donors (Lipinski definition) is 1. The molecule has 0 saturated carbocycles. The van der Waals surface area contributed by atoms with Gasteiger partial charge in [-0.15, -0.1) is 11.8 Å². The van der Waals surface area contributed by atoms with Gasteiger partial charge in [0.05, 0.1) is 23.9 Å². The third-order valence-electron chi connectivity index (χ3n) is 4.89. The predicted molar refractivity (Wildman–Crippen MR) is 115 cm³/mol. The summed E-state index contributed by atoms with van der Waals surface area (Å²) in [6.45, 7) is 3.28. The van der Waals surface area contributed by atoms with Crippen molar-refractivity contribution in [3.05, 3.63) is 65.2 Å². The average Bonchev–Trinajstić information content (AvgIpc) is 2.77. The maximum Gasteiger partial charge on any atom is 0.243 e. The van der Waals surface area contributed by atoms with E-state index in [4.69, 9.17) is 4.74 Å². The molecule has 10 heteroatoms. The number of benzene rings is 2. The van der Waals surface area contributed by atoms with Crippen LogP contribution in [0.3, 0.4) is 0 Å². The molecule has 6 nitrogen and oxygen atoms in total. The average molecular weight is 471 g/mol. The molecule has 1 saturated heterocycles. The number of rotatable bonds is 8. The van der Waals surface area contributed by atoms with Crippen LogP contribution in [0.4, 0.5) is 8.78 Å². The van der Waals surface area contributed by atoms with Crippen LogP contribution in [0.1, 0.15) is 23.3 Å². The van der Waals surface area contributed by atoms with Crippen molar-refractivity contribution in [1.29, 1.82) is 0 Å². The third kappa shape index (κ3) is 6.03. The number of halogens is 2. The lowest BCUT2D eigenvalue weighted by Gasteiger charge is -2.26. The monoisotopic (exact) mass is 470 g/mol. The number of carbonyl (C=O) groups excluding carboxylic acids is 1. The molecule has 0 radical (unpaired) electrons. The Balaban J connectivity index is 1.50. The number of thioether (sulfide) groups is 1. The molecular weight excluding hydrogens is 446 g/mol. The van der Waals surface area contributed by atoms with Gasteiger partial charge in [-0.25, -0.2) is 17.2 Å². The van der Waals surface area contributed by atoms with E-state index in [1.165, 1.54) is 34.6 Å². The lowest BCUT2D eigenvalue weighted by atomic mass is 10.1. The van der Waals surface area contributed by atoms with Crippen molar-refractivity contribution in [3.63, 3.8) is 0 Å². The topological polar surface area (TPSA) is 75.7 Å². The van der Waals surface area contributed by atoms with E-state index in [-0.39, 0.29) is 28.7 Å². The summed E-state index contributed by atoms with van der Waals surface area (Å²) in [7, 11) is -3.56. The van der Waals surface area contributed by atoms with Crippen molar-refractivity contribution in [2.75, 3.05) is 32.1 Å². The number of hydrogen-bond acceptors (Lipinski definition) is 5. The Morgan fingerprint density at radius 3 is 2.35 bits per heavy atom. The number of sulfonamides is 1. The number of morpholine rings is 1. The lowest BCUT2D eigenvalue weighted by Crippen LogP contribution is -2.40. The van der Waals surface area contributed by atoms with E-state index >= 15 is 0 Å². The minimum atomic E-state index is -3.56. The lowest BCUT2D eigenvalue weighted by molar-refractivity contribution is -0.118. The quantitative estimate of drug-likeness (QED) is 0.642. The molecule has 1 fully saturated rings. The van der Waals surface area contributed by atoms with Gasteiger partial charge < -0.3 is 10.1 Å². The fourth-order valence-electron chi connectivity index (χ4n) is 3.15. The van der Waals surface area contributed by atoms with Crippen LogP contribution in [0.25, 0.3) is 0 Å². The van der Waals surface area contributed by atoms with E-state index in [0.29, 0.717) is 26.3 Å². The zero-order valence-electron chi connectivity index (χ0n) is 17.0. The summed E-state index contributed by atoms with van der Waals surface area (Å²) >= 11 is 1.14. The van der Waals surface area contributed by atoms with Gasteiger partial charge in [0.1, 0.15) is 11.6 Å². The zero-order chi connectivity index (χ0) is 22.4. The van der Waals surface area contributed by atoms with E-state index in [1.807, 2.05) is 0 Å². The fraction of sp³-hybridized carbons (Fsp3) is 0.381. The first kappa shape index (κ1) is 23.6. The molecule has 1 N–H and O–H groups in total. The van der Waals surface area contributed by atoms with Crippen molar-refractivity contribution in [1.82, 2.24) is 9.62 Å². The number of nitrogens with one attached hydrogen (secondary N) is 1. The molecule has 1 aliphatic heterocycles. The number of nitrogens with zero attached hydrogens (tertiary/aromatic N) is 1. The van der Waals surface area contributed by atoms with Gasteiger partial charge in [-0.2, -0.15) is 4.31 Å². The Labute approximate surface area is 185 Å². The summed E-state index contributed by atoms with van der Waals surface area (Å²) < 4.78 is 59.5. The van der Waals surface area contributed by atoms with Gasteiger partial charge in [0.15, 0.2) is 0 Å². The molecule has 0 aromatic heterocycles. The van der Waals surface area contributed by atoms with Crippen LogP contribution in [-0.2, 0) is 26.1 Å². The van der Waals surface area contributed by atoms with Gasteiger partial charge in [0.2, 0.25) is 15.9 Å². The second-order valence-corrected chi connectivity index (χ2v) is 10.3. The molecule has 31 heavy (non-hydrogen) atoms. The van der Waals surface area contributed by atoms with Crippen molar-refractivity contribution in [3.8, 4) is 0 Å². The third-order valence-corrected chi connectivity index (χ3v) is 7.97. The van der Waals surface area contributed by atoms with Crippen LogP contribution in [0.5, 0.6) is 0 Å². The normalized spacial score (nSPS) is 16.1. The van der Waals surface area contributed by atoms with E-state index in [9.17, 15) is 22.0 Å². The zero-order valence-corrected chi connectivity index (χ0v) is 18.6. The number of amides is 1. The molecule has 1 unspecified atom stereocenters. The molecule has 1 aliphatic rings. The second kappa shape index (κ2) is 10.5. The van der Waals surface area contributed by atoms with E-state index < -0.39 is 26.9 Å². The van der Waals surface area contributed by atoms with Gasteiger partial charge in [-0.3, -0.25) is 4.79 Å². The van der Waals surface area contributed by atoms with Crippen LogP contribution in [0, 0.1) is 11.6 Å². The smallest absolute Gasteiger partial charge is 0.243 e. The molecular formula is C21H24F2N2O4S2. The van der Waals surface area contributed by atoms with Crippen LogP contribution in [0.15, 0.2) is 47.4 Å². The second-order valence-electron chi connectivity index (χ2n) is 7.03. The Kier molecular flexibility index (Phi) is 8.04. The molecule has 2 aromatic carbocycles. The van der Waals surface area contributed by atoms with Gasteiger partial charge in [0, 0.05) is 30.4 Å². The summed E-state index contributed by atoms with van der Waals surface area (Å²) in [5, 5.41) is 2.22. The summed E-state index contributed by atoms with van der Waals surface area (Å²) in [6, 6.07) is 10.0. The van der Waals surface area contributed by atoms with E-state index in [0.717, 1.165) is 17.3 Å². The minimum absolute atomic E-state index is 0.0401. The molecule has 1 atom stereocenters. The van der Waals surface area contributed by atoms with Crippen molar-refractivity contribution in [2.45, 2.75) is 23.6 Å². The Bertz CT molecular complexity index is 990. The van der Waals surface area contributed by atoms with E-state index in [2.05, 4.69) is 5.32 Å². The Hall–Kier alpha value is -2.01. The highest BCUT2D eigenvalue weighted by Crippen LogP contribution is 2.31. The van der Waals surface area contributed by atoms with Crippen LogP contribution < -0.4 is 5.32 Å². The van der Waals surface area contributed by atoms with Crippen LogP contribution in [-0.4, -0.2) is 50.7 Å². The standard InChI is InChI=1S/C21H24F2N2O4S2/c1-15(21-18(22)3-2-4-19(21)23)30-14-20(26)24-13-16-5-7-17(8-6-16)31(27,28)25-9-11-29-12-10-25/h2-8,15H,9-14H2,1H3,(H,24,26). The number of carbonyl (C=O) groups is 1. The first-order valence-electron chi connectivity index (χ1n) is 9.78. The molecule has 0 spiro atoms. The van der Waals surface area contributed by atoms with E-state index in [1.54, 1.807) is 19.1 Å². The molecule has 2 aromatic rings. The number of ether oxygens (including phenoxy) is 1. The highest BCUT2D eigenvalue weighted by molar-refractivity contribution is 8.00. The first-order valence-corrected chi connectivity index (χ1v) is 12.3. The molecule has 1 heterocycles. The fourth-order valence-corrected chi connectivity index (χ4v) is 5.45. The minimum Gasteiger partial charge on any atom is -0.379 e. The summed E-state index contributed by atoms with van der Waals surface area (Å²) in [4.78, 5) is 12.3. The van der Waals surface area contributed by atoms with Crippen LogP contribution in [0.2, 0.25) is 0 Å². The maximum absolute atomic E-state index is 13.8. The SMILES string of the molecule is CC(SCC(=O)NCc1ccc(S(=O)(=O)N2CCOCC2)cc1)c1c(F)cccc1F. The highest BCUT2D eigenvalue weighted by atomic mass is 32.2. The highest BCUT2D eigenvalue weighted by Gasteiger charge is 2.26. The molecule has 0 aliphatic carbocycles. The van der Waals surface area contributed by atoms with Crippen LogP contribution >= 0.6 is 11.8 Å². The van der Waals surface area contributed by atoms with Crippen molar-refractivity contribution < 1.29 is 26.7 Å². The van der Waals surface area contributed by atoms with Gasteiger partial charge in [-0.1, -0.05) is 18.2 Å². The summed E-state index contributed by atoms with van der Waals surface area (Å²) in [5.41, 5.74) is 0.699. The molecule has 1 amide bonds. The van der Waals surface area contributed by atoms with Gasteiger partial charge >= 0.3 is 0 Å². The Morgan fingerprint density at radius 1 is 1.13 bits per heavy atom. The summed E-state index contributed by atoms with van der Waals surface area (Å²) in [5.74, 6) is -1.50. The van der Waals surface area contributed by atoms with Gasteiger partial charge in [0.25, 0.3) is 0 Å². The Morgan fingerprint density at radius 2 is 1.74 bits per heavy atom. The molecule has 3 rings (SSSR count). The van der Waals surface area contributed by atoms with Crippen molar-refractivity contribution in [2.24, 2.45) is 0 Å². The van der Waals surface area contributed by atoms with Gasteiger partial charge in [-0.05, 0) is 36.8 Å². The van der Waals surface area contributed by atoms with Crippen molar-refractivity contribution >= 4 is 27.7 Å². The first-order chi connectivity index (χ1) is 14.8. The largest absolute Gasteiger partial charge is 0.379 e. The summed E-state index contributed by atoms with van der Waals surface area (Å²) in [6.07, 6.45) is 0.